The fourth-order valence-corrected chi connectivity index (χ4v) is 1.14. The molecule has 0 aliphatic carbocycles. The van der Waals surface area contributed by atoms with Crippen LogP contribution in [0.3, 0.4) is 0 Å². The lowest BCUT2D eigenvalue weighted by Crippen LogP contribution is -2.10. The molecule has 1 atom stereocenters. The van der Waals surface area contributed by atoms with Gasteiger partial charge in [0.25, 0.3) is 0 Å². The molecule has 1 rings (SSSR count). The van der Waals surface area contributed by atoms with Gasteiger partial charge in [0, 0.05) is 17.8 Å². The molecule has 11 heavy (non-hydrogen) atoms. The van der Waals surface area contributed by atoms with E-state index in [1.54, 1.807) is 0 Å². The molecule has 0 amide bonds. The van der Waals surface area contributed by atoms with E-state index in [0.29, 0.717) is 6.54 Å². The molecule has 4 N–H and O–H groups in total. The highest BCUT2D eigenvalue weighted by Crippen LogP contribution is 2.15. The van der Waals surface area contributed by atoms with E-state index in [2.05, 4.69) is 4.98 Å². The lowest BCUT2D eigenvalue weighted by atomic mass is 10.0. The van der Waals surface area contributed by atoms with Crippen LogP contribution in [0.1, 0.15) is 18.0 Å². The SMILES string of the molecule is NCCC(CO)c1ccc[nH]1. The summed E-state index contributed by atoms with van der Waals surface area (Å²) >= 11 is 0. The number of aromatic nitrogens is 1. The van der Waals surface area contributed by atoms with E-state index in [-0.39, 0.29) is 12.5 Å². The van der Waals surface area contributed by atoms with Crippen LogP contribution in [0.15, 0.2) is 18.3 Å². The van der Waals surface area contributed by atoms with Crippen LogP contribution in [-0.2, 0) is 0 Å². The number of nitrogens with two attached hydrogens (primary N) is 1. The van der Waals surface area contributed by atoms with Crippen molar-refractivity contribution in [3.63, 3.8) is 0 Å². The van der Waals surface area contributed by atoms with Crippen LogP contribution < -0.4 is 5.73 Å². The van der Waals surface area contributed by atoms with Gasteiger partial charge in [-0.25, -0.2) is 0 Å². The zero-order chi connectivity index (χ0) is 8.10. The number of H-pyrrole nitrogens is 1. The highest BCUT2D eigenvalue weighted by Gasteiger charge is 2.08. The van der Waals surface area contributed by atoms with E-state index in [4.69, 9.17) is 10.8 Å². The smallest absolute Gasteiger partial charge is 0.0514 e. The van der Waals surface area contributed by atoms with Gasteiger partial charge in [0.05, 0.1) is 6.61 Å². The number of aromatic amines is 1. The quantitative estimate of drug-likeness (QED) is 0.589. The number of aliphatic hydroxyl groups is 1. The largest absolute Gasteiger partial charge is 0.396 e. The summed E-state index contributed by atoms with van der Waals surface area (Å²) < 4.78 is 0. The van der Waals surface area contributed by atoms with Crippen LogP contribution in [0.4, 0.5) is 0 Å². The predicted molar refractivity (Wildman–Crippen MR) is 44.3 cm³/mol. The maximum absolute atomic E-state index is 8.95. The van der Waals surface area contributed by atoms with Gasteiger partial charge in [0.1, 0.15) is 0 Å². The topological polar surface area (TPSA) is 62.0 Å². The van der Waals surface area contributed by atoms with E-state index in [1.165, 1.54) is 0 Å². The van der Waals surface area contributed by atoms with Gasteiger partial charge in [-0.05, 0) is 25.1 Å². The van der Waals surface area contributed by atoms with Crippen LogP contribution >= 0.6 is 0 Å². The summed E-state index contributed by atoms with van der Waals surface area (Å²) in [6, 6.07) is 3.89. The van der Waals surface area contributed by atoms with E-state index in [1.807, 2.05) is 18.3 Å². The minimum atomic E-state index is 0.164. The van der Waals surface area contributed by atoms with E-state index >= 15 is 0 Å². The number of nitrogens with one attached hydrogen (secondary N) is 1. The third-order valence-corrected chi connectivity index (χ3v) is 1.80. The first-order chi connectivity index (χ1) is 5.38. The molecule has 3 heteroatoms. The third kappa shape index (κ3) is 2.06. The van der Waals surface area contributed by atoms with Gasteiger partial charge in [-0.2, -0.15) is 0 Å². The van der Waals surface area contributed by atoms with Crippen molar-refractivity contribution in [2.24, 2.45) is 5.73 Å². The molecule has 3 nitrogen and oxygen atoms in total. The molecular weight excluding hydrogens is 140 g/mol. The van der Waals surface area contributed by atoms with Crippen molar-refractivity contribution in [1.29, 1.82) is 0 Å². The number of hydrogen-bond acceptors (Lipinski definition) is 2. The van der Waals surface area contributed by atoms with E-state index in [9.17, 15) is 0 Å². The molecule has 0 aliphatic rings. The second-order valence-corrected chi connectivity index (χ2v) is 2.58. The van der Waals surface area contributed by atoms with Gasteiger partial charge < -0.3 is 15.8 Å². The van der Waals surface area contributed by atoms with Crippen molar-refractivity contribution >= 4 is 0 Å². The molecule has 1 heterocycles. The Morgan fingerprint density at radius 2 is 2.45 bits per heavy atom. The van der Waals surface area contributed by atoms with Crippen LogP contribution in [0.25, 0.3) is 0 Å². The van der Waals surface area contributed by atoms with Gasteiger partial charge >= 0.3 is 0 Å². The molecule has 62 valence electrons. The fourth-order valence-electron chi connectivity index (χ4n) is 1.14. The maximum Gasteiger partial charge on any atom is 0.0514 e. The number of hydrogen-bond donors (Lipinski definition) is 3. The zero-order valence-electron chi connectivity index (χ0n) is 6.46. The minimum absolute atomic E-state index is 0.164. The summed E-state index contributed by atoms with van der Waals surface area (Å²) in [5.41, 5.74) is 6.45. The van der Waals surface area contributed by atoms with Crippen LogP contribution in [0.2, 0.25) is 0 Å². The Morgan fingerprint density at radius 1 is 1.64 bits per heavy atom. The average Bonchev–Trinajstić information content (AvgIpc) is 2.52. The van der Waals surface area contributed by atoms with Crippen molar-refractivity contribution in [2.75, 3.05) is 13.2 Å². The van der Waals surface area contributed by atoms with Gasteiger partial charge in [-0.3, -0.25) is 0 Å². The molecule has 1 unspecified atom stereocenters. The van der Waals surface area contributed by atoms with Gasteiger partial charge in [-0.1, -0.05) is 0 Å². The first kappa shape index (κ1) is 8.30. The molecule has 0 fully saturated rings. The fraction of sp³-hybridized carbons (Fsp3) is 0.500. The van der Waals surface area contributed by atoms with Crippen LogP contribution in [0, 0.1) is 0 Å². The molecule has 1 aromatic heterocycles. The van der Waals surface area contributed by atoms with Gasteiger partial charge in [-0.15, -0.1) is 0 Å². The second-order valence-electron chi connectivity index (χ2n) is 2.58. The Bertz CT molecular complexity index is 184. The summed E-state index contributed by atoms with van der Waals surface area (Å²) in [6.07, 6.45) is 2.69. The first-order valence-corrected chi connectivity index (χ1v) is 3.82. The lowest BCUT2D eigenvalue weighted by molar-refractivity contribution is 0.258. The molecular formula is C8H14N2O. The summed E-state index contributed by atoms with van der Waals surface area (Å²) in [5.74, 6) is 0.176. The second kappa shape index (κ2) is 4.16. The predicted octanol–water partition coefficient (Wildman–Crippen LogP) is 0.439. The average molecular weight is 154 g/mol. The third-order valence-electron chi connectivity index (χ3n) is 1.80. The first-order valence-electron chi connectivity index (χ1n) is 3.82. The molecule has 0 bridgehead atoms. The van der Waals surface area contributed by atoms with Gasteiger partial charge in [0.2, 0.25) is 0 Å². The Morgan fingerprint density at radius 3 is 2.91 bits per heavy atom. The summed E-state index contributed by atoms with van der Waals surface area (Å²) in [5, 5.41) is 8.95. The molecule has 0 saturated heterocycles. The minimum Gasteiger partial charge on any atom is -0.396 e. The standard InChI is InChI=1S/C8H14N2O/c9-4-3-7(6-11)8-2-1-5-10-8/h1-2,5,7,10-11H,3-4,6,9H2. The summed E-state index contributed by atoms with van der Waals surface area (Å²) in [6.45, 7) is 0.780. The van der Waals surface area contributed by atoms with Crippen LogP contribution in [-0.4, -0.2) is 23.2 Å². The maximum atomic E-state index is 8.95. The van der Waals surface area contributed by atoms with E-state index in [0.717, 1.165) is 12.1 Å². The highest BCUT2D eigenvalue weighted by atomic mass is 16.3. The Hall–Kier alpha value is -0.800. The summed E-state index contributed by atoms with van der Waals surface area (Å²) in [4.78, 5) is 3.06. The molecule has 0 radical (unpaired) electrons. The highest BCUT2D eigenvalue weighted by molar-refractivity contribution is 5.09. The lowest BCUT2D eigenvalue weighted by Gasteiger charge is -2.09. The van der Waals surface area contributed by atoms with Crippen molar-refractivity contribution in [1.82, 2.24) is 4.98 Å². The van der Waals surface area contributed by atoms with Crippen molar-refractivity contribution in [3.8, 4) is 0 Å². The Labute approximate surface area is 66.2 Å². The van der Waals surface area contributed by atoms with Crippen LogP contribution in [0.5, 0.6) is 0 Å². The van der Waals surface area contributed by atoms with Crippen molar-refractivity contribution in [2.45, 2.75) is 12.3 Å². The molecule has 0 aromatic carbocycles. The van der Waals surface area contributed by atoms with E-state index < -0.39 is 0 Å². The van der Waals surface area contributed by atoms with Crippen molar-refractivity contribution < 1.29 is 5.11 Å². The van der Waals surface area contributed by atoms with Gasteiger partial charge in [0.15, 0.2) is 0 Å². The Kier molecular flexibility index (Phi) is 3.14. The number of aliphatic hydroxyl groups excluding tert-OH is 1. The molecule has 0 spiro atoms. The molecule has 0 aliphatic heterocycles. The zero-order valence-corrected chi connectivity index (χ0v) is 6.46. The summed E-state index contributed by atoms with van der Waals surface area (Å²) in [7, 11) is 0. The molecule has 0 saturated carbocycles. The normalized spacial score (nSPS) is 13.3. The number of rotatable bonds is 4. The monoisotopic (exact) mass is 154 g/mol. The Balaban J connectivity index is 2.56. The molecule has 1 aromatic rings. The van der Waals surface area contributed by atoms with Crippen molar-refractivity contribution in [3.05, 3.63) is 24.0 Å².